The van der Waals surface area contributed by atoms with Gasteiger partial charge in [-0.05, 0) is 35.9 Å². The SMILES string of the molecule is N#C/C(=C/c1ccccc1OCc1ccccc1C#N)c1cccc(F)c1. The van der Waals surface area contributed by atoms with E-state index in [2.05, 4.69) is 12.1 Å². The van der Waals surface area contributed by atoms with E-state index in [-0.39, 0.29) is 6.61 Å². The zero-order valence-electron chi connectivity index (χ0n) is 14.4. The minimum Gasteiger partial charge on any atom is -0.488 e. The third-order valence-corrected chi connectivity index (χ3v) is 4.00. The molecule has 0 atom stereocenters. The second kappa shape index (κ2) is 8.47. The van der Waals surface area contributed by atoms with Crippen LogP contribution in [-0.4, -0.2) is 0 Å². The Bertz CT molecular complexity index is 1070. The van der Waals surface area contributed by atoms with Crippen LogP contribution in [0.15, 0.2) is 72.8 Å². The molecule has 0 N–H and O–H groups in total. The van der Waals surface area contributed by atoms with Crippen LogP contribution in [0.5, 0.6) is 5.75 Å². The molecule has 0 radical (unpaired) electrons. The van der Waals surface area contributed by atoms with Crippen molar-refractivity contribution in [3.8, 4) is 17.9 Å². The molecule has 0 aliphatic carbocycles. The van der Waals surface area contributed by atoms with Gasteiger partial charge in [0.25, 0.3) is 0 Å². The molecule has 3 rings (SSSR count). The van der Waals surface area contributed by atoms with E-state index in [1.807, 2.05) is 30.3 Å². The van der Waals surface area contributed by atoms with Crippen molar-refractivity contribution >= 4 is 11.6 Å². The van der Waals surface area contributed by atoms with E-state index in [0.717, 1.165) is 5.56 Å². The summed E-state index contributed by atoms with van der Waals surface area (Å²) in [7, 11) is 0. The van der Waals surface area contributed by atoms with Crippen molar-refractivity contribution in [2.24, 2.45) is 0 Å². The summed E-state index contributed by atoms with van der Waals surface area (Å²) in [6.07, 6.45) is 1.67. The molecule has 27 heavy (non-hydrogen) atoms. The van der Waals surface area contributed by atoms with Crippen LogP contribution in [0.3, 0.4) is 0 Å². The summed E-state index contributed by atoms with van der Waals surface area (Å²) in [6.45, 7) is 0.233. The summed E-state index contributed by atoms with van der Waals surface area (Å²) < 4.78 is 19.4. The Labute approximate surface area is 157 Å². The summed E-state index contributed by atoms with van der Waals surface area (Å²) in [4.78, 5) is 0. The Balaban J connectivity index is 1.90. The van der Waals surface area contributed by atoms with Gasteiger partial charge in [0.1, 0.15) is 18.2 Å². The Hall–Kier alpha value is -3.89. The number of nitriles is 2. The van der Waals surface area contributed by atoms with Crippen molar-refractivity contribution in [1.82, 2.24) is 0 Å². The molecule has 0 spiro atoms. The zero-order chi connectivity index (χ0) is 19.1. The first-order valence-corrected chi connectivity index (χ1v) is 8.29. The molecular weight excluding hydrogens is 339 g/mol. The summed E-state index contributed by atoms with van der Waals surface area (Å²) in [6, 6.07) is 24.7. The molecule has 0 fully saturated rings. The van der Waals surface area contributed by atoms with Gasteiger partial charge in [-0.15, -0.1) is 0 Å². The van der Waals surface area contributed by atoms with Crippen LogP contribution >= 0.6 is 0 Å². The molecule has 130 valence electrons. The lowest BCUT2D eigenvalue weighted by molar-refractivity contribution is 0.305. The van der Waals surface area contributed by atoms with E-state index in [4.69, 9.17) is 4.74 Å². The maximum atomic E-state index is 13.5. The molecule has 0 saturated carbocycles. The molecule has 0 unspecified atom stereocenters. The fourth-order valence-electron chi connectivity index (χ4n) is 2.63. The molecule has 0 aromatic heterocycles. The summed E-state index contributed by atoms with van der Waals surface area (Å²) in [5, 5.41) is 18.7. The number of ether oxygens (including phenoxy) is 1. The molecule has 3 aromatic rings. The highest BCUT2D eigenvalue weighted by atomic mass is 19.1. The highest BCUT2D eigenvalue weighted by Crippen LogP contribution is 2.26. The van der Waals surface area contributed by atoms with Crippen molar-refractivity contribution in [2.45, 2.75) is 6.61 Å². The van der Waals surface area contributed by atoms with E-state index < -0.39 is 5.82 Å². The first kappa shape index (κ1) is 17.9. The van der Waals surface area contributed by atoms with E-state index in [1.54, 1.807) is 36.4 Å². The van der Waals surface area contributed by atoms with Crippen molar-refractivity contribution in [3.63, 3.8) is 0 Å². The smallest absolute Gasteiger partial charge is 0.127 e. The maximum absolute atomic E-state index is 13.5. The molecule has 3 nitrogen and oxygen atoms in total. The van der Waals surface area contributed by atoms with Gasteiger partial charge in [0.15, 0.2) is 0 Å². The molecule has 3 aromatic carbocycles. The minimum absolute atomic E-state index is 0.233. The van der Waals surface area contributed by atoms with E-state index in [1.165, 1.54) is 12.1 Å². The van der Waals surface area contributed by atoms with Gasteiger partial charge < -0.3 is 4.74 Å². The Morgan fingerprint density at radius 2 is 1.74 bits per heavy atom. The van der Waals surface area contributed by atoms with Crippen LogP contribution in [0.2, 0.25) is 0 Å². The fourth-order valence-corrected chi connectivity index (χ4v) is 2.63. The standard InChI is InChI=1S/C23H15FN2O/c24-22-10-5-9-17(13-22)21(15-26)12-18-6-3-4-11-23(18)27-16-20-8-2-1-7-19(20)14-25/h1-13H,16H2/b21-12-. The van der Waals surface area contributed by atoms with Crippen LogP contribution in [0.1, 0.15) is 22.3 Å². The average Bonchev–Trinajstić information content (AvgIpc) is 2.71. The second-order valence-corrected chi connectivity index (χ2v) is 5.78. The topological polar surface area (TPSA) is 56.8 Å². The Kier molecular flexibility index (Phi) is 5.62. The number of halogens is 1. The quantitative estimate of drug-likeness (QED) is 0.459. The van der Waals surface area contributed by atoms with Crippen molar-refractivity contribution < 1.29 is 9.13 Å². The van der Waals surface area contributed by atoms with Gasteiger partial charge in [-0.3, -0.25) is 0 Å². The fraction of sp³-hybridized carbons (Fsp3) is 0.0435. The average molecular weight is 354 g/mol. The lowest BCUT2D eigenvalue weighted by Gasteiger charge is -2.11. The third kappa shape index (κ3) is 4.39. The number of nitrogens with zero attached hydrogens (tertiary/aromatic N) is 2. The minimum atomic E-state index is -0.397. The molecule has 0 heterocycles. The normalized spacial score (nSPS) is 10.7. The number of rotatable bonds is 5. The Morgan fingerprint density at radius 3 is 2.52 bits per heavy atom. The van der Waals surface area contributed by atoms with Crippen LogP contribution < -0.4 is 4.74 Å². The van der Waals surface area contributed by atoms with Gasteiger partial charge in [-0.1, -0.05) is 48.5 Å². The summed E-state index contributed by atoms with van der Waals surface area (Å²) in [5.41, 5.74) is 2.88. The van der Waals surface area contributed by atoms with Gasteiger partial charge >= 0.3 is 0 Å². The predicted octanol–water partition coefficient (Wildman–Crippen LogP) is 5.34. The first-order chi connectivity index (χ1) is 13.2. The lowest BCUT2D eigenvalue weighted by Crippen LogP contribution is -1.99. The van der Waals surface area contributed by atoms with E-state index in [0.29, 0.717) is 28.0 Å². The van der Waals surface area contributed by atoms with E-state index >= 15 is 0 Å². The summed E-state index contributed by atoms with van der Waals surface area (Å²) in [5.74, 6) is 0.181. The first-order valence-electron chi connectivity index (χ1n) is 8.29. The largest absolute Gasteiger partial charge is 0.488 e. The van der Waals surface area contributed by atoms with Crippen molar-refractivity contribution in [1.29, 1.82) is 10.5 Å². The number of hydrogen-bond donors (Lipinski definition) is 0. The van der Waals surface area contributed by atoms with E-state index in [9.17, 15) is 14.9 Å². The van der Waals surface area contributed by atoms with Crippen molar-refractivity contribution in [2.75, 3.05) is 0 Å². The number of hydrogen-bond acceptors (Lipinski definition) is 3. The molecular formula is C23H15FN2O. The molecule has 4 heteroatoms. The summed E-state index contributed by atoms with van der Waals surface area (Å²) >= 11 is 0. The maximum Gasteiger partial charge on any atom is 0.127 e. The third-order valence-electron chi connectivity index (χ3n) is 4.00. The van der Waals surface area contributed by atoms with Gasteiger partial charge in [-0.25, -0.2) is 4.39 Å². The molecule has 0 aliphatic rings. The van der Waals surface area contributed by atoms with Gasteiger partial charge in [0, 0.05) is 11.1 Å². The number of benzene rings is 3. The van der Waals surface area contributed by atoms with Gasteiger partial charge in [0.05, 0.1) is 23.3 Å². The van der Waals surface area contributed by atoms with Crippen LogP contribution in [-0.2, 0) is 6.61 Å². The van der Waals surface area contributed by atoms with Crippen LogP contribution in [0, 0.1) is 28.5 Å². The molecule has 0 aliphatic heterocycles. The van der Waals surface area contributed by atoms with Crippen LogP contribution in [0.4, 0.5) is 4.39 Å². The highest BCUT2D eigenvalue weighted by molar-refractivity contribution is 5.90. The van der Waals surface area contributed by atoms with Gasteiger partial charge in [-0.2, -0.15) is 10.5 Å². The van der Waals surface area contributed by atoms with Gasteiger partial charge in [0.2, 0.25) is 0 Å². The molecule has 0 bridgehead atoms. The van der Waals surface area contributed by atoms with Crippen LogP contribution in [0.25, 0.3) is 11.6 Å². The molecule has 0 amide bonds. The number of allylic oxidation sites excluding steroid dienone is 1. The number of para-hydroxylation sites is 1. The lowest BCUT2D eigenvalue weighted by atomic mass is 10.0. The predicted molar refractivity (Wildman–Crippen MR) is 102 cm³/mol. The van der Waals surface area contributed by atoms with Crippen molar-refractivity contribution in [3.05, 3.63) is 101 Å². The monoisotopic (exact) mass is 354 g/mol. The Morgan fingerprint density at radius 1 is 0.963 bits per heavy atom. The zero-order valence-corrected chi connectivity index (χ0v) is 14.4. The second-order valence-electron chi connectivity index (χ2n) is 5.78. The molecule has 0 saturated heterocycles. The highest BCUT2D eigenvalue weighted by Gasteiger charge is 2.07.